The molecule has 0 N–H and O–H groups in total. The first-order valence-electron chi connectivity index (χ1n) is 4.68. The van der Waals surface area contributed by atoms with Crippen LogP contribution < -0.4 is 0 Å². The first-order chi connectivity index (χ1) is 8.19. The molecule has 0 aliphatic rings. The minimum absolute atomic E-state index is 0.260. The molecule has 0 aliphatic heterocycles. The monoisotopic (exact) mass is 288 g/mol. The summed E-state index contributed by atoms with van der Waals surface area (Å²) in [5.41, 5.74) is 0. The van der Waals surface area contributed by atoms with Crippen molar-refractivity contribution in [2.45, 2.75) is 22.5 Å². The molecule has 0 aromatic carbocycles. The van der Waals surface area contributed by atoms with Crippen molar-refractivity contribution in [1.82, 2.24) is 19.6 Å². The van der Waals surface area contributed by atoms with Gasteiger partial charge in [0.1, 0.15) is 5.82 Å². The Kier molecular flexibility index (Phi) is 4.02. The Morgan fingerprint density at radius 3 is 2.88 bits per heavy atom. The molecule has 0 radical (unpaired) electrons. The number of hydrogen-bond acceptors (Lipinski definition) is 9. The predicted octanol–water partition coefficient (Wildman–Crippen LogP) is 2.03. The SMILES string of the molecule is CCOC(=O)c1nnc(Sc2nc(C)ns2)s1. The molecule has 0 fully saturated rings. The molecule has 6 nitrogen and oxygen atoms in total. The molecule has 0 spiro atoms. The van der Waals surface area contributed by atoms with Crippen molar-refractivity contribution in [2.75, 3.05) is 6.61 Å². The van der Waals surface area contributed by atoms with Gasteiger partial charge in [-0.15, -0.1) is 10.2 Å². The van der Waals surface area contributed by atoms with Gasteiger partial charge < -0.3 is 4.74 Å². The topological polar surface area (TPSA) is 77.9 Å². The third-order valence-corrected chi connectivity index (χ3v) is 4.34. The molecule has 17 heavy (non-hydrogen) atoms. The fourth-order valence-corrected chi connectivity index (χ4v) is 3.52. The molecule has 9 heteroatoms. The lowest BCUT2D eigenvalue weighted by Gasteiger charge is -1.94. The van der Waals surface area contributed by atoms with Crippen LogP contribution in [0.2, 0.25) is 0 Å². The van der Waals surface area contributed by atoms with Crippen LogP contribution in [-0.2, 0) is 4.74 Å². The molecule has 0 saturated carbocycles. The second kappa shape index (κ2) is 5.52. The number of carbonyl (C=O) groups is 1. The zero-order valence-electron chi connectivity index (χ0n) is 9.04. The maximum absolute atomic E-state index is 11.4. The summed E-state index contributed by atoms with van der Waals surface area (Å²) in [5, 5.41) is 7.92. The van der Waals surface area contributed by atoms with E-state index >= 15 is 0 Å². The molecule has 2 aromatic rings. The Balaban J connectivity index is 2.06. The highest BCUT2D eigenvalue weighted by Crippen LogP contribution is 2.31. The van der Waals surface area contributed by atoms with E-state index in [1.165, 1.54) is 34.6 Å². The summed E-state index contributed by atoms with van der Waals surface area (Å²) in [6.45, 7) is 3.90. The average Bonchev–Trinajstić information content (AvgIpc) is 2.89. The standard InChI is InChI=1S/C8H8N4O2S3/c1-3-14-6(13)5-10-11-8(15-5)16-7-9-4(2)12-17-7/h3H2,1-2H3. The maximum atomic E-state index is 11.4. The van der Waals surface area contributed by atoms with E-state index in [-0.39, 0.29) is 5.01 Å². The molecule has 2 aromatic heterocycles. The van der Waals surface area contributed by atoms with Crippen LogP contribution >= 0.6 is 34.6 Å². The van der Waals surface area contributed by atoms with Crippen LogP contribution in [0.15, 0.2) is 8.68 Å². The van der Waals surface area contributed by atoms with Gasteiger partial charge in [0.15, 0.2) is 8.68 Å². The van der Waals surface area contributed by atoms with Gasteiger partial charge in [0.25, 0.3) is 0 Å². The number of ether oxygens (including phenoxy) is 1. The lowest BCUT2D eigenvalue weighted by Crippen LogP contribution is -2.03. The van der Waals surface area contributed by atoms with Crippen LogP contribution in [0.4, 0.5) is 0 Å². The first kappa shape index (κ1) is 12.4. The molecule has 90 valence electrons. The second-order valence-electron chi connectivity index (χ2n) is 2.80. The van der Waals surface area contributed by atoms with Gasteiger partial charge in [0.05, 0.1) is 6.61 Å². The van der Waals surface area contributed by atoms with E-state index in [0.717, 1.165) is 10.2 Å². The zero-order valence-corrected chi connectivity index (χ0v) is 11.5. The molecule has 0 unspecified atom stereocenters. The smallest absolute Gasteiger partial charge is 0.369 e. The van der Waals surface area contributed by atoms with E-state index in [4.69, 9.17) is 4.74 Å². The molecular weight excluding hydrogens is 280 g/mol. The number of esters is 1. The lowest BCUT2D eigenvalue weighted by molar-refractivity contribution is 0.0525. The highest BCUT2D eigenvalue weighted by atomic mass is 32.2. The van der Waals surface area contributed by atoms with Gasteiger partial charge in [-0.05, 0) is 37.1 Å². The largest absolute Gasteiger partial charge is 0.461 e. The zero-order chi connectivity index (χ0) is 12.3. The number of aromatic nitrogens is 4. The van der Waals surface area contributed by atoms with Crippen molar-refractivity contribution in [1.29, 1.82) is 0 Å². The summed E-state index contributed by atoms with van der Waals surface area (Å²) in [5.74, 6) is 0.290. The quantitative estimate of drug-likeness (QED) is 0.796. The van der Waals surface area contributed by atoms with Crippen LogP contribution in [0.1, 0.15) is 22.6 Å². The van der Waals surface area contributed by atoms with Gasteiger partial charge in [-0.3, -0.25) is 0 Å². The normalized spacial score (nSPS) is 10.5. The van der Waals surface area contributed by atoms with Gasteiger partial charge in [-0.25, -0.2) is 9.78 Å². The predicted molar refractivity (Wildman–Crippen MR) is 64.6 cm³/mol. The van der Waals surface area contributed by atoms with Gasteiger partial charge in [0, 0.05) is 0 Å². The van der Waals surface area contributed by atoms with Crippen LogP contribution in [0, 0.1) is 6.92 Å². The minimum Gasteiger partial charge on any atom is -0.461 e. The second-order valence-corrected chi connectivity index (χ2v) is 6.03. The minimum atomic E-state index is -0.440. The van der Waals surface area contributed by atoms with Crippen LogP contribution in [0.3, 0.4) is 0 Å². The average molecular weight is 288 g/mol. The number of carbonyl (C=O) groups excluding carboxylic acids is 1. The summed E-state index contributed by atoms with van der Waals surface area (Å²) >= 11 is 3.83. The van der Waals surface area contributed by atoms with E-state index in [0.29, 0.717) is 10.9 Å². The van der Waals surface area contributed by atoms with Crippen LogP contribution in [0.5, 0.6) is 0 Å². The Hall–Kier alpha value is -1.06. The van der Waals surface area contributed by atoms with Gasteiger partial charge >= 0.3 is 5.97 Å². The molecular formula is C8H8N4O2S3. The lowest BCUT2D eigenvalue weighted by atomic mass is 10.7. The van der Waals surface area contributed by atoms with Gasteiger partial charge in [-0.2, -0.15) is 4.37 Å². The van der Waals surface area contributed by atoms with Crippen molar-refractivity contribution in [3.63, 3.8) is 0 Å². The fourth-order valence-electron chi connectivity index (χ4n) is 0.921. The molecule has 0 saturated heterocycles. The Bertz CT molecular complexity index is 524. The Morgan fingerprint density at radius 1 is 1.41 bits per heavy atom. The third-order valence-electron chi connectivity index (χ3n) is 1.54. The molecule has 2 rings (SSSR count). The molecule has 0 bridgehead atoms. The summed E-state index contributed by atoms with van der Waals surface area (Å²) in [6, 6.07) is 0. The molecule has 0 atom stereocenters. The number of nitrogens with zero attached hydrogens (tertiary/aromatic N) is 4. The van der Waals surface area contributed by atoms with Crippen molar-refractivity contribution in [2.24, 2.45) is 0 Å². The fraction of sp³-hybridized carbons (Fsp3) is 0.375. The summed E-state index contributed by atoms with van der Waals surface area (Å²) in [7, 11) is 0. The highest BCUT2D eigenvalue weighted by Gasteiger charge is 2.15. The van der Waals surface area contributed by atoms with Crippen molar-refractivity contribution in [3.8, 4) is 0 Å². The van der Waals surface area contributed by atoms with Gasteiger partial charge in [-0.1, -0.05) is 11.3 Å². The van der Waals surface area contributed by atoms with Crippen molar-refractivity contribution >= 4 is 40.6 Å². The van der Waals surface area contributed by atoms with Gasteiger partial charge in [0.2, 0.25) is 5.01 Å². The summed E-state index contributed by atoms with van der Waals surface area (Å²) in [6.07, 6.45) is 0. The number of hydrogen-bond donors (Lipinski definition) is 0. The molecule has 2 heterocycles. The third kappa shape index (κ3) is 3.20. The maximum Gasteiger partial charge on any atom is 0.369 e. The van der Waals surface area contributed by atoms with Crippen LogP contribution in [0.25, 0.3) is 0 Å². The first-order valence-corrected chi connectivity index (χ1v) is 7.08. The Morgan fingerprint density at radius 2 is 2.24 bits per heavy atom. The van der Waals surface area contributed by atoms with E-state index in [9.17, 15) is 4.79 Å². The highest BCUT2D eigenvalue weighted by molar-refractivity contribution is 8.02. The molecule has 0 aliphatic carbocycles. The number of rotatable bonds is 4. The van der Waals surface area contributed by atoms with E-state index in [1.54, 1.807) is 6.92 Å². The number of aryl methyl sites for hydroxylation is 1. The Labute approximate surface area is 110 Å². The van der Waals surface area contributed by atoms with E-state index in [2.05, 4.69) is 19.6 Å². The van der Waals surface area contributed by atoms with Crippen molar-refractivity contribution in [3.05, 3.63) is 10.8 Å². The van der Waals surface area contributed by atoms with Crippen LogP contribution in [-0.4, -0.2) is 32.1 Å². The van der Waals surface area contributed by atoms with E-state index < -0.39 is 5.97 Å². The molecule has 0 amide bonds. The summed E-state index contributed by atoms with van der Waals surface area (Å²) in [4.78, 5) is 15.6. The van der Waals surface area contributed by atoms with E-state index in [1.807, 2.05) is 6.92 Å². The van der Waals surface area contributed by atoms with Crippen molar-refractivity contribution < 1.29 is 9.53 Å². The summed E-state index contributed by atoms with van der Waals surface area (Å²) < 4.78 is 10.3.